The van der Waals surface area contributed by atoms with Gasteiger partial charge >= 0.3 is 5.97 Å². The Bertz CT molecular complexity index is 311. The van der Waals surface area contributed by atoms with Crippen molar-refractivity contribution < 1.29 is 19.7 Å². The van der Waals surface area contributed by atoms with Gasteiger partial charge in [-0.1, -0.05) is 40.5 Å². The normalized spacial score (nSPS) is 12.5. The van der Waals surface area contributed by atoms with Gasteiger partial charge in [0.15, 0.2) is 0 Å². The lowest BCUT2D eigenvalue weighted by molar-refractivity contribution is -0.150. The molecule has 0 saturated carbocycles. The molecule has 0 bridgehead atoms. The minimum Gasteiger partial charge on any atom is -0.481 e. The van der Waals surface area contributed by atoms with E-state index in [0.717, 1.165) is 64.6 Å². The van der Waals surface area contributed by atoms with E-state index >= 15 is 0 Å². The Morgan fingerprint density at radius 3 is 1.71 bits per heavy atom. The highest BCUT2D eigenvalue weighted by Gasteiger charge is 2.33. The molecule has 24 heavy (non-hydrogen) atoms. The highest BCUT2D eigenvalue weighted by atomic mass is 16.5. The summed E-state index contributed by atoms with van der Waals surface area (Å²) in [5, 5.41) is 18.9. The van der Waals surface area contributed by atoms with Crippen LogP contribution in [0, 0.1) is 10.8 Å². The zero-order chi connectivity index (χ0) is 18.5. The smallest absolute Gasteiger partial charge is 0.309 e. The lowest BCUT2D eigenvalue weighted by Crippen LogP contribution is -2.29. The number of ether oxygens (including phenoxy) is 1. The predicted octanol–water partition coefficient (Wildman–Crippen LogP) is 5.03. The van der Waals surface area contributed by atoms with E-state index < -0.39 is 11.4 Å². The molecule has 0 heterocycles. The first kappa shape index (κ1) is 23.4. The molecule has 0 aromatic rings. The Morgan fingerprint density at radius 1 is 0.833 bits per heavy atom. The Hall–Kier alpha value is -0.610. The van der Waals surface area contributed by atoms with Crippen LogP contribution in [0.15, 0.2) is 0 Å². The summed E-state index contributed by atoms with van der Waals surface area (Å²) in [5.74, 6) is -0.660. The molecule has 0 rings (SSSR count). The maximum atomic E-state index is 11.4. The standard InChI is InChI=1S/C20H40O4/c1-5-19(6-2,17-21)13-9-11-15-24-16-12-10-14-20(7-3,8-4)18(22)23/h21H,5-17H2,1-4H3,(H,22,23). The van der Waals surface area contributed by atoms with Crippen LogP contribution in [0.2, 0.25) is 0 Å². The third-order valence-electron chi connectivity index (χ3n) is 6.08. The van der Waals surface area contributed by atoms with Gasteiger partial charge in [0.1, 0.15) is 0 Å². The van der Waals surface area contributed by atoms with Crippen LogP contribution in [-0.2, 0) is 9.53 Å². The average molecular weight is 345 g/mol. The predicted molar refractivity (Wildman–Crippen MR) is 99.3 cm³/mol. The van der Waals surface area contributed by atoms with E-state index in [1.54, 1.807) is 0 Å². The highest BCUT2D eigenvalue weighted by molar-refractivity contribution is 5.74. The molecule has 0 fully saturated rings. The van der Waals surface area contributed by atoms with Crippen molar-refractivity contribution in [3.05, 3.63) is 0 Å². The maximum absolute atomic E-state index is 11.4. The molecular formula is C20H40O4. The van der Waals surface area contributed by atoms with Crippen LogP contribution in [0.25, 0.3) is 0 Å². The summed E-state index contributed by atoms with van der Waals surface area (Å²) >= 11 is 0. The summed E-state index contributed by atoms with van der Waals surface area (Å²) < 4.78 is 5.68. The van der Waals surface area contributed by atoms with Crippen LogP contribution < -0.4 is 0 Å². The molecule has 4 heteroatoms. The van der Waals surface area contributed by atoms with Gasteiger partial charge in [0.25, 0.3) is 0 Å². The van der Waals surface area contributed by atoms with Crippen LogP contribution >= 0.6 is 0 Å². The molecule has 0 aliphatic heterocycles. The largest absolute Gasteiger partial charge is 0.481 e. The fourth-order valence-electron chi connectivity index (χ4n) is 3.39. The second-order valence-corrected chi connectivity index (χ2v) is 7.18. The number of carboxylic acid groups (broad SMARTS) is 1. The zero-order valence-corrected chi connectivity index (χ0v) is 16.4. The molecule has 0 amide bonds. The number of rotatable bonds is 16. The van der Waals surface area contributed by atoms with Crippen molar-refractivity contribution in [1.82, 2.24) is 0 Å². The fourth-order valence-corrected chi connectivity index (χ4v) is 3.39. The number of hydrogen-bond acceptors (Lipinski definition) is 3. The second-order valence-electron chi connectivity index (χ2n) is 7.18. The summed E-state index contributed by atoms with van der Waals surface area (Å²) in [6.07, 6.45) is 9.22. The second kappa shape index (κ2) is 12.7. The summed E-state index contributed by atoms with van der Waals surface area (Å²) in [6, 6.07) is 0. The van der Waals surface area contributed by atoms with Gasteiger partial charge in [-0.2, -0.15) is 0 Å². The van der Waals surface area contributed by atoms with E-state index in [-0.39, 0.29) is 12.0 Å². The topological polar surface area (TPSA) is 66.8 Å². The first-order valence-electron chi connectivity index (χ1n) is 9.87. The molecule has 0 unspecified atom stereocenters. The molecule has 0 aliphatic rings. The quantitative estimate of drug-likeness (QED) is 0.385. The summed E-state index contributed by atoms with van der Waals surface area (Å²) in [5.41, 5.74) is -0.450. The fraction of sp³-hybridized carbons (Fsp3) is 0.950. The first-order valence-corrected chi connectivity index (χ1v) is 9.87. The average Bonchev–Trinajstić information content (AvgIpc) is 2.61. The van der Waals surface area contributed by atoms with Crippen molar-refractivity contribution in [2.45, 2.75) is 91.9 Å². The van der Waals surface area contributed by atoms with Crippen LogP contribution in [0.1, 0.15) is 91.9 Å². The molecule has 144 valence electrons. The monoisotopic (exact) mass is 344 g/mol. The molecule has 4 nitrogen and oxygen atoms in total. The number of aliphatic hydroxyl groups excluding tert-OH is 1. The minimum atomic E-state index is -0.660. The zero-order valence-electron chi connectivity index (χ0n) is 16.4. The van der Waals surface area contributed by atoms with E-state index in [0.29, 0.717) is 12.8 Å². The number of carboxylic acids is 1. The summed E-state index contributed by atoms with van der Waals surface area (Å²) in [6.45, 7) is 10.00. The Labute approximate surface area is 149 Å². The molecule has 2 N–H and O–H groups in total. The molecule has 0 spiro atoms. The number of carbonyl (C=O) groups is 1. The minimum absolute atomic E-state index is 0.0977. The van der Waals surface area contributed by atoms with E-state index in [4.69, 9.17) is 4.74 Å². The highest BCUT2D eigenvalue weighted by Crippen LogP contribution is 2.33. The van der Waals surface area contributed by atoms with Gasteiger partial charge in [0.05, 0.1) is 5.41 Å². The number of unbranched alkanes of at least 4 members (excludes halogenated alkanes) is 2. The van der Waals surface area contributed by atoms with Gasteiger partial charge in [-0.15, -0.1) is 0 Å². The van der Waals surface area contributed by atoms with E-state index in [2.05, 4.69) is 13.8 Å². The number of hydrogen-bond donors (Lipinski definition) is 2. The van der Waals surface area contributed by atoms with E-state index in [1.165, 1.54) is 0 Å². The number of aliphatic carboxylic acids is 1. The van der Waals surface area contributed by atoms with Crippen molar-refractivity contribution in [2.75, 3.05) is 19.8 Å². The molecule has 0 aromatic heterocycles. The number of aliphatic hydroxyl groups is 1. The Kier molecular flexibility index (Phi) is 12.4. The van der Waals surface area contributed by atoms with Crippen molar-refractivity contribution >= 4 is 5.97 Å². The van der Waals surface area contributed by atoms with Crippen LogP contribution in [0.5, 0.6) is 0 Å². The van der Waals surface area contributed by atoms with Crippen molar-refractivity contribution in [3.8, 4) is 0 Å². The van der Waals surface area contributed by atoms with Crippen LogP contribution in [0.4, 0.5) is 0 Å². The SMILES string of the molecule is CCC(CC)(CO)CCCCOCCCCC(CC)(CC)C(=O)O. The molecular weight excluding hydrogens is 304 g/mol. The summed E-state index contributed by atoms with van der Waals surface area (Å²) in [7, 11) is 0. The molecule has 0 atom stereocenters. The Balaban J connectivity index is 3.76. The molecule has 0 aliphatic carbocycles. The molecule has 0 aromatic carbocycles. The Morgan fingerprint density at radius 2 is 1.33 bits per heavy atom. The van der Waals surface area contributed by atoms with Gasteiger partial charge in [-0.25, -0.2) is 0 Å². The summed E-state index contributed by atoms with van der Waals surface area (Å²) in [4.78, 5) is 11.4. The van der Waals surface area contributed by atoms with Crippen molar-refractivity contribution in [3.63, 3.8) is 0 Å². The third-order valence-corrected chi connectivity index (χ3v) is 6.08. The maximum Gasteiger partial charge on any atom is 0.309 e. The van der Waals surface area contributed by atoms with Gasteiger partial charge in [0.2, 0.25) is 0 Å². The lowest BCUT2D eigenvalue weighted by Gasteiger charge is -2.29. The van der Waals surface area contributed by atoms with Crippen molar-refractivity contribution in [2.24, 2.45) is 10.8 Å². The van der Waals surface area contributed by atoms with Gasteiger partial charge in [0, 0.05) is 19.8 Å². The van der Waals surface area contributed by atoms with Crippen LogP contribution in [-0.4, -0.2) is 36.0 Å². The van der Waals surface area contributed by atoms with Gasteiger partial charge < -0.3 is 14.9 Å². The lowest BCUT2D eigenvalue weighted by atomic mass is 9.78. The van der Waals surface area contributed by atoms with Gasteiger partial charge in [-0.05, 0) is 56.8 Å². The molecule has 0 radical (unpaired) electrons. The molecule has 0 saturated heterocycles. The van der Waals surface area contributed by atoms with Gasteiger partial charge in [-0.3, -0.25) is 4.79 Å². The van der Waals surface area contributed by atoms with Crippen molar-refractivity contribution in [1.29, 1.82) is 0 Å². The van der Waals surface area contributed by atoms with E-state index in [1.807, 2.05) is 13.8 Å². The van der Waals surface area contributed by atoms with E-state index in [9.17, 15) is 15.0 Å². The third kappa shape index (κ3) is 7.52. The van der Waals surface area contributed by atoms with Crippen LogP contribution in [0.3, 0.4) is 0 Å². The first-order chi connectivity index (χ1) is 11.5.